The monoisotopic (exact) mass is 429 g/mol. The van der Waals surface area contributed by atoms with Gasteiger partial charge in [-0.15, -0.1) is 0 Å². The van der Waals surface area contributed by atoms with Crippen LogP contribution in [0.5, 0.6) is 11.5 Å². The van der Waals surface area contributed by atoms with Crippen molar-refractivity contribution in [2.45, 2.75) is 11.7 Å². The molecule has 0 aliphatic rings. The van der Waals surface area contributed by atoms with Crippen LogP contribution in [0.2, 0.25) is 0 Å². The van der Waals surface area contributed by atoms with E-state index < -0.39 is 0 Å². The molecule has 0 bridgehead atoms. The third-order valence-electron chi connectivity index (χ3n) is 4.35. The van der Waals surface area contributed by atoms with Gasteiger partial charge >= 0.3 is 0 Å². The highest BCUT2D eigenvalue weighted by Gasteiger charge is 2.14. The van der Waals surface area contributed by atoms with Crippen molar-refractivity contribution in [1.29, 1.82) is 0 Å². The third-order valence-corrected chi connectivity index (χ3v) is 5.32. The minimum Gasteiger partial charge on any atom is -0.493 e. The molecule has 30 heavy (non-hydrogen) atoms. The molecule has 0 atom stereocenters. The van der Waals surface area contributed by atoms with Gasteiger partial charge in [-0.2, -0.15) is 0 Å². The number of aromatic nitrogens is 2. The average Bonchev–Trinajstić information content (AvgIpc) is 2.77. The smallest absolute Gasteiger partial charge is 0.262 e. The summed E-state index contributed by atoms with van der Waals surface area (Å²) >= 11 is 1.20. The van der Waals surface area contributed by atoms with Gasteiger partial charge in [0, 0.05) is 18.9 Å². The van der Waals surface area contributed by atoms with E-state index in [0.717, 1.165) is 0 Å². The predicted octanol–water partition coefficient (Wildman–Crippen LogP) is 2.79. The quantitative estimate of drug-likeness (QED) is 0.413. The molecule has 1 amide bonds. The Kier molecular flexibility index (Phi) is 7.31. The minimum absolute atomic E-state index is 0.0894. The van der Waals surface area contributed by atoms with Gasteiger partial charge in [0.15, 0.2) is 16.7 Å². The summed E-state index contributed by atoms with van der Waals surface area (Å²) in [6, 6.07) is 12.3. The van der Waals surface area contributed by atoms with Gasteiger partial charge in [0.1, 0.15) is 0 Å². The Morgan fingerprint density at radius 2 is 1.87 bits per heavy atom. The van der Waals surface area contributed by atoms with Crippen LogP contribution in [0.25, 0.3) is 10.9 Å². The van der Waals surface area contributed by atoms with E-state index in [9.17, 15) is 9.59 Å². The normalized spacial score (nSPS) is 10.8. The van der Waals surface area contributed by atoms with E-state index in [0.29, 0.717) is 46.4 Å². The molecule has 8 nitrogen and oxygen atoms in total. The van der Waals surface area contributed by atoms with Crippen LogP contribution in [-0.4, -0.2) is 49.1 Å². The molecule has 1 heterocycles. The average molecular weight is 429 g/mol. The summed E-state index contributed by atoms with van der Waals surface area (Å²) in [6.45, 7) is 0.720. The van der Waals surface area contributed by atoms with Crippen molar-refractivity contribution in [1.82, 2.24) is 9.55 Å². The number of carbonyl (C=O) groups is 1. The number of para-hydroxylation sites is 1. The maximum absolute atomic E-state index is 12.8. The second-order valence-electron chi connectivity index (χ2n) is 6.27. The summed E-state index contributed by atoms with van der Waals surface area (Å²) in [4.78, 5) is 29.9. The van der Waals surface area contributed by atoms with Gasteiger partial charge < -0.3 is 19.5 Å². The van der Waals surface area contributed by atoms with Gasteiger partial charge in [0.2, 0.25) is 5.91 Å². The topological polar surface area (TPSA) is 91.7 Å². The van der Waals surface area contributed by atoms with E-state index >= 15 is 0 Å². The van der Waals surface area contributed by atoms with Gasteiger partial charge in [-0.3, -0.25) is 14.2 Å². The Morgan fingerprint density at radius 1 is 1.10 bits per heavy atom. The fraction of sp³-hybridized carbons (Fsp3) is 0.286. The number of rotatable bonds is 9. The number of nitrogens with zero attached hydrogens (tertiary/aromatic N) is 2. The molecule has 0 saturated heterocycles. The first-order valence-corrected chi connectivity index (χ1v) is 10.2. The highest BCUT2D eigenvalue weighted by molar-refractivity contribution is 7.99. The molecular formula is C21H23N3O5S. The molecule has 1 N–H and O–H groups in total. The zero-order chi connectivity index (χ0) is 21.5. The first-order valence-electron chi connectivity index (χ1n) is 9.20. The predicted molar refractivity (Wildman–Crippen MR) is 117 cm³/mol. The number of ether oxygens (including phenoxy) is 3. The molecule has 158 valence electrons. The van der Waals surface area contributed by atoms with E-state index in [1.165, 1.54) is 18.9 Å². The molecule has 2 aromatic carbocycles. The van der Waals surface area contributed by atoms with Crippen LogP contribution >= 0.6 is 11.8 Å². The van der Waals surface area contributed by atoms with Crippen molar-refractivity contribution in [2.24, 2.45) is 0 Å². The van der Waals surface area contributed by atoms with E-state index in [4.69, 9.17) is 14.2 Å². The summed E-state index contributed by atoms with van der Waals surface area (Å²) in [5.74, 6) is 0.958. The minimum atomic E-state index is -0.229. The summed E-state index contributed by atoms with van der Waals surface area (Å²) in [6.07, 6.45) is 0. The maximum Gasteiger partial charge on any atom is 0.262 e. The van der Waals surface area contributed by atoms with Crippen LogP contribution < -0.4 is 20.3 Å². The lowest BCUT2D eigenvalue weighted by atomic mass is 10.2. The number of fused-ring (bicyclic) bond motifs is 1. The molecule has 0 saturated carbocycles. The number of amides is 1. The van der Waals surface area contributed by atoms with Gasteiger partial charge in [0.05, 0.1) is 44.0 Å². The zero-order valence-corrected chi connectivity index (χ0v) is 17.8. The fourth-order valence-corrected chi connectivity index (χ4v) is 3.70. The third kappa shape index (κ3) is 4.92. The molecule has 3 rings (SSSR count). The highest BCUT2D eigenvalue weighted by Crippen LogP contribution is 2.30. The summed E-state index contributed by atoms with van der Waals surface area (Å²) in [5, 5.41) is 3.82. The van der Waals surface area contributed by atoms with Crippen molar-refractivity contribution < 1.29 is 19.0 Å². The lowest BCUT2D eigenvalue weighted by molar-refractivity contribution is -0.113. The van der Waals surface area contributed by atoms with Crippen molar-refractivity contribution in [2.75, 3.05) is 39.0 Å². The van der Waals surface area contributed by atoms with Crippen molar-refractivity contribution in [3.8, 4) is 11.5 Å². The van der Waals surface area contributed by atoms with Crippen LogP contribution in [0, 0.1) is 0 Å². The molecule has 0 spiro atoms. The summed E-state index contributed by atoms with van der Waals surface area (Å²) in [7, 11) is 4.65. The molecule has 0 aliphatic carbocycles. The second-order valence-corrected chi connectivity index (χ2v) is 7.21. The number of hydrogen-bond acceptors (Lipinski definition) is 7. The number of carbonyl (C=O) groups excluding carboxylic acids is 1. The number of thioether (sulfide) groups is 1. The zero-order valence-electron chi connectivity index (χ0n) is 17.0. The standard InChI is InChI=1S/C21H23N3O5S/c1-27-11-10-24-20(26)15-6-4-5-7-16(15)23-21(24)30-13-19(25)22-14-8-9-17(28-2)18(12-14)29-3/h4-9,12H,10-11,13H2,1-3H3,(H,22,25). The first-order chi connectivity index (χ1) is 14.6. The van der Waals surface area contributed by atoms with Gasteiger partial charge in [-0.25, -0.2) is 4.98 Å². The molecule has 0 aliphatic heterocycles. The number of anilines is 1. The maximum atomic E-state index is 12.8. The lowest BCUT2D eigenvalue weighted by Gasteiger charge is -2.13. The Bertz CT molecular complexity index is 1100. The van der Waals surface area contributed by atoms with Crippen molar-refractivity contribution in [3.63, 3.8) is 0 Å². The molecular weight excluding hydrogens is 406 g/mol. The van der Waals surface area contributed by atoms with Crippen LogP contribution in [-0.2, 0) is 16.1 Å². The lowest BCUT2D eigenvalue weighted by Crippen LogP contribution is -2.26. The molecule has 9 heteroatoms. The van der Waals surface area contributed by atoms with Crippen LogP contribution in [0.3, 0.4) is 0 Å². The van der Waals surface area contributed by atoms with E-state index in [-0.39, 0.29) is 17.2 Å². The van der Waals surface area contributed by atoms with Crippen molar-refractivity contribution in [3.05, 3.63) is 52.8 Å². The van der Waals surface area contributed by atoms with Crippen LogP contribution in [0.4, 0.5) is 5.69 Å². The number of nitrogens with one attached hydrogen (secondary N) is 1. The Balaban J connectivity index is 1.77. The molecule has 1 aromatic heterocycles. The Hall–Kier alpha value is -3.04. The Labute approximate surface area is 178 Å². The molecule has 0 radical (unpaired) electrons. The number of methoxy groups -OCH3 is 3. The Morgan fingerprint density at radius 3 is 2.60 bits per heavy atom. The van der Waals surface area contributed by atoms with Gasteiger partial charge in [0.25, 0.3) is 5.56 Å². The summed E-state index contributed by atoms with van der Waals surface area (Å²) < 4.78 is 17.1. The highest BCUT2D eigenvalue weighted by atomic mass is 32.2. The van der Waals surface area contributed by atoms with Crippen LogP contribution in [0.15, 0.2) is 52.4 Å². The van der Waals surface area contributed by atoms with E-state index in [1.54, 1.807) is 55.2 Å². The molecule has 0 fully saturated rings. The number of benzene rings is 2. The fourth-order valence-electron chi connectivity index (χ4n) is 2.88. The number of hydrogen-bond donors (Lipinski definition) is 1. The molecule has 0 unspecified atom stereocenters. The second kappa shape index (κ2) is 10.1. The van der Waals surface area contributed by atoms with Gasteiger partial charge in [-0.1, -0.05) is 23.9 Å². The van der Waals surface area contributed by atoms with E-state index in [2.05, 4.69) is 10.3 Å². The van der Waals surface area contributed by atoms with Crippen molar-refractivity contribution >= 4 is 34.3 Å². The molecule has 3 aromatic rings. The summed E-state index contributed by atoms with van der Waals surface area (Å²) in [5.41, 5.74) is 1.03. The largest absolute Gasteiger partial charge is 0.493 e. The van der Waals surface area contributed by atoms with Gasteiger partial charge in [-0.05, 0) is 24.3 Å². The van der Waals surface area contributed by atoms with E-state index in [1.807, 2.05) is 6.07 Å². The first kappa shape index (κ1) is 21.7. The van der Waals surface area contributed by atoms with Crippen LogP contribution in [0.1, 0.15) is 0 Å². The SMILES string of the molecule is COCCn1c(SCC(=O)Nc2ccc(OC)c(OC)c2)nc2ccccc2c1=O.